The highest BCUT2D eigenvalue weighted by Gasteiger charge is 2.16. The van der Waals surface area contributed by atoms with Crippen molar-refractivity contribution in [3.8, 4) is 11.1 Å². The number of nitrogens with zero attached hydrogens (tertiary/aromatic N) is 2. The molecule has 0 radical (unpaired) electrons. The number of aryl methyl sites for hydroxylation is 1. The molecule has 0 amide bonds. The molecule has 4 heteroatoms. The lowest BCUT2D eigenvalue weighted by molar-refractivity contribution is 0.399. The second-order valence-electron chi connectivity index (χ2n) is 7.86. The third kappa shape index (κ3) is 7.67. The van der Waals surface area contributed by atoms with Crippen LogP contribution < -0.4 is 5.32 Å². The standard InChI is InChI=1S/C14H17N3.C9H20.CH4O/c1-10-5-6-15-14-4-3-11(7-13(10)14)12-8-16-17(2)9-12;1-4-6-8-9(3)7-5-2;1-2/h3-4,7-10,15H,5-6H2,1-2H3;9H,4-8H2,1-3H3;2H,1H3/t10-;;/m0../s1. The lowest BCUT2D eigenvalue weighted by Gasteiger charge is -2.24. The van der Waals surface area contributed by atoms with E-state index in [1.54, 1.807) is 0 Å². The van der Waals surface area contributed by atoms with E-state index in [0.717, 1.165) is 19.6 Å². The summed E-state index contributed by atoms with van der Waals surface area (Å²) in [4.78, 5) is 0. The van der Waals surface area contributed by atoms with E-state index < -0.39 is 0 Å². The Hall–Kier alpha value is -1.81. The zero-order valence-corrected chi connectivity index (χ0v) is 18.8. The maximum atomic E-state index is 7.00. The van der Waals surface area contributed by atoms with Gasteiger partial charge in [-0.05, 0) is 41.5 Å². The Labute approximate surface area is 172 Å². The molecular weight excluding hydrogens is 346 g/mol. The number of hydrogen-bond donors (Lipinski definition) is 2. The third-order valence-electron chi connectivity index (χ3n) is 5.35. The summed E-state index contributed by atoms with van der Waals surface area (Å²) in [5, 5.41) is 14.7. The molecule has 0 saturated carbocycles. The second kappa shape index (κ2) is 13.4. The Balaban J connectivity index is 0.000000306. The van der Waals surface area contributed by atoms with Gasteiger partial charge in [0.25, 0.3) is 0 Å². The Morgan fingerprint density at radius 2 is 1.93 bits per heavy atom. The number of rotatable bonds is 6. The largest absolute Gasteiger partial charge is 0.400 e. The van der Waals surface area contributed by atoms with Crippen LogP contribution in [0.5, 0.6) is 0 Å². The van der Waals surface area contributed by atoms with Crippen molar-refractivity contribution in [1.29, 1.82) is 0 Å². The molecule has 1 aromatic heterocycles. The molecule has 1 unspecified atom stereocenters. The lowest BCUT2D eigenvalue weighted by Crippen LogP contribution is -2.14. The number of aliphatic hydroxyl groups is 1. The molecular formula is C24H41N3O. The van der Waals surface area contributed by atoms with Crippen LogP contribution in [0.2, 0.25) is 0 Å². The highest BCUT2D eigenvalue weighted by atomic mass is 16.2. The van der Waals surface area contributed by atoms with Crippen molar-refractivity contribution in [3.63, 3.8) is 0 Å². The molecule has 2 atom stereocenters. The minimum Gasteiger partial charge on any atom is -0.400 e. The third-order valence-corrected chi connectivity index (χ3v) is 5.35. The predicted octanol–water partition coefficient (Wildman–Crippen LogP) is 6.23. The van der Waals surface area contributed by atoms with Gasteiger partial charge in [-0.25, -0.2) is 0 Å². The molecule has 28 heavy (non-hydrogen) atoms. The maximum absolute atomic E-state index is 7.00. The fourth-order valence-electron chi connectivity index (χ4n) is 3.65. The summed E-state index contributed by atoms with van der Waals surface area (Å²) >= 11 is 0. The number of nitrogens with one attached hydrogen (secondary N) is 1. The van der Waals surface area contributed by atoms with Crippen LogP contribution in [0.3, 0.4) is 0 Å². The molecule has 1 aliphatic rings. The number of unbranched alkanes of at least 4 members (excludes halogenated alkanes) is 1. The fourth-order valence-corrected chi connectivity index (χ4v) is 3.65. The van der Waals surface area contributed by atoms with Crippen molar-refractivity contribution in [2.75, 3.05) is 19.0 Å². The SMILES string of the molecule is CCCCC(C)CCC.CO.C[C@H]1CCNc2ccc(-c3cnn(C)c3)cc21. The van der Waals surface area contributed by atoms with Crippen molar-refractivity contribution in [2.24, 2.45) is 13.0 Å². The van der Waals surface area contributed by atoms with Gasteiger partial charge in [-0.3, -0.25) is 4.68 Å². The van der Waals surface area contributed by atoms with Gasteiger partial charge >= 0.3 is 0 Å². The van der Waals surface area contributed by atoms with E-state index in [9.17, 15) is 0 Å². The maximum Gasteiger partial charge on any atom is 0.0568 e. The topological polar surface area (TPSA) is 50.1 Å². The van der Waals surface area contributed by atoms with Gasteiger partial charge in [0.05, 0.1) is 6.20 Å². The monoisotopic (exact) mass is 387 g/mol. The summed E-state index contributed by atoms with van der Waals surface area (Å²) in [6.45, 7) is 10.3. The van der Waals surface area contributed by atoms with Crippen LogP contribution in [0.4, 0.5) is 5.69 Å². The number of aliphatic hydroxyl groups excluding tert-OH is 1. The van der Waals surface area contributed by atoms with E-state index in [4.69, 9.17) is 5.11 Å². The lowest BCUT2D eigenvalue weighted by atomic mass is 9.90. The Kier molecular flexibility index (Phi) is 11.6. The summed E-state index contributed by atoms with van der Waals surface area (Å²) in [5.41, 5.74) is 5.16. The number of fused-ring (bicyclic) bond motifs is 1. The van der Waals surface area contributed by atoms with Gasteiger partial charge in [0.15, 0.2) is 0 Å². The van der Waals surface area contributed by atoms with Gasteiger partial charge in [-0.1, -0.05) is 65.9 Å². The minimum absolute atomic E-state index is 0.642. The van der Waals surface area contributed by atoms with Crippen LogP contribution in [-0.4, -0.2) is 28.5 Å². The van der Waals surface area contributed by atoms with E-state index in [2.05, 4.69) is 62.5 Å². The Bertz CT molecular complexity index is 666. The molecule has 2 heterocycles. The first-order chi connectivity index (χ1) is 13.5. The van der Waals surface area contributed by atoms with Crippen LogP contribution in [-0.2, 0) is 7.05 Å². The fraction of sp³-hybridized carbons (Fsp3) is 0.625. The van der Waals surface area contributed by atoms with E-state index in [1.165, 1.54) is 60.9 Å². The molecule has 158 valence electrons. The first-order valence-corrected chi connectivity index (χ1v) is 10.9. The van der Waals surface area contributed by atoms with E-state index in [0.29, 0.717) is 5.92 Å². The Morgan fingerprint density at radius 3 is 2.54 bits per heavy atom. The first-order valence-electron chi connectivity index (χ1n) is 10.9. The average molecular weight is 388 g/mol. The van der Waals surface area contributed by atoms with Crippen molar-refractivity contribution >= 4 is 5.69 Å². The molecule has 0 spiro atoms. The predicted molar refractivity (Wildman–Crippen MR) is 122 cm³/mol. The Morgan fingerprint density at radius 1 is 1.18 bits per heavy atom. The zero-order chi connectivity index (χ0) is 20.9. The molecule has 0 saturated heterocycles. The minimum atomic E-state index is 0.642. The van der Waals surface area contributed by atoms with Crippen molar-refractivity contribution < 1.29 is 5.11 Å². The highest BCUT2D eigenvalue weighted by Crippen LogP contribution is 2.34. The van der Waals surface area contributed by atoms with Crippen LogP contribution in [0.1, 0.15) is 77.7 Å². The van der Waals surface area contributed by atoms with Gasteiger partial charge in [-0.15, -0.1) is 0 Å². The molecule has 3 rings (SSSR count). The van der Waals surface area contributed by atoms with Crippen molar-refractivity contribution in [3.05, 3.63) is 36.2 Å². The van der Waals surface area contributed by atoms with E-state index in [-0.39, 0.29) is 0 Å². The second-order valence-corrected chi connectivity index (χ2v) is 7.86. The summed E-state index contributed by atoms with van der Waals surface area (Å²) in [6.07, 6.45) is 12.2. The number of hydrogen-bond acceptors (Lipinski definition) is 3. The quantitative estimate of drug-likeness (QED) is 0.618. The molecule has 2 N–H and O–H groups in total. The van der Waals surface area contributed by atoms with E-state index in [1.807, 2.05) is 17.9 Å². The summed E-state index contributed by atoms with van der Waals surface area (Å²) in [7, 11) is 2.95. The number of anilines is 1. The van der Waals surface area contributed by atoms with Crippen LogP contribution in [0.25, 0.3) is 11.1 Å². The van der Waals surface area contributed by atoms with Gasteiger partial charge in [0.1, 0.15) is 0 Å². The molecule has 1 aliphatic heterocycles. The molecule has 0 fully saturated rings. The molecule has 1 aromatic carbocycles. The van der Waals surface area contributed by atoms with Crippen molar-refractivity contribution in [1.82, 2.24) is 9.78 Å². The van der Waals surface area contributed by atoms with Crippen LogP contribution in [0, 0.1) is 5.92 Å². The molecule has 4 nitrogen and oxygen atoms in total. The average Bonchev–Trinajstić information content (AvgIpc) is 3.15. The smallest absolute Gasteiger partial charge is 0.0568 e. The number of benzene rings is 1. The van der Waals surface area contributed by atoms with Crippen molar-refractivity contribution in [2.45, 2.75) is 72.1 Å². The van der Waals surface area contributed by atoms with Gasteiger partial charge in [-0.2, -0.15) is 5.10 Å². The summed E-state index contributed by atoms with van der Waals surface area (Å²) in [6, 6.07) is 6.65. The molecule has 0 bridgehead atoms. The molecule has 0 aliphatic carbocycles. The molecule has 2 aromatic rings. The highest BCUT2D eigenvalue weighted by molar-refractivity contribution is 5.68. The van der Waals surface area contributed by atoms with E-state index >= 15 is 0 Å². The van der Waals surface area contributed by atoms with Crippen LogP contribution in [0.15, 0.2) is 30.6 Å². The van der Waals surface area contributed by atoms with Gasteiger partial charge in [0, 0.05) is 38.1 Å². The van der Waals surface area contributed by atoms with Gasteiger partial charge < -0.3 is 10.4 Å². The van der Waals surface area contributed by atoms with Crippen LogP contribution >= 0.6 is 0 Å². The zero-order valence-electron chi connectivity index (χ0n) is 18.8. The normalized spacial score (nSPS) is 15.9. The first kappa shape index (κ1) is 24.2. The summed E-state index contributed by atoms with van der Waals surface area (Å²) in [5.74, 6) is 1.61. The summed E-state index contributed by atoms with van der Waals surface area (Å²) < 4.78 is 1.84. The number of aromatic nitrogens is 2. The van der Waals surface area contributed by atoms with Gasteiger partial charge in [0.2, 0.25) is 0 Å².